The van der Waals surface area contributed by atoms with Crippen LogP contribution in [-0.4, -0.2) is 46.2 Å². The zero-order valence-electron chi connectivity index (χ0n) is 7.96. The van der Waals surface area contributed by atoms with Gasteiger partial charge in [-0.05, 0) is 6.92 Å². The highest BCUT2D eigenvalue weighted by Crippen LogP contribution is 2.34. The van der Waals surface area contributed by atoms with Gasteiger partial charge in [0.1, 0.15) is 6.54 Å². The topological polar surface area (TPSA) is 86.7 Å². The fraction of sp³-hybridized carbons (Fsp3) is 0.571. The van der Waals surface area contributed by atoms with E-state index in [9.17, 15) is 27.6 Å². The molecule has 1 rings (SSSR count). The maximum absolute atomic E-state index is 12.5. The Balaban J connectivity index is 3.03. The lowest BCUT2D eigenvalue weighted by Gasteiger charge is -2.24. The normalized spacial score (nSPS) is 25.9. The number of carboxylic acid groups (broad SMARTS) is 1. The molecule has 0 bridgehead atoms. The van der Waals surface area contributed by atoms with E-state index in [1.165, 1.54) is 5.32 Å². The second-order valence-electron chi connectivity index (χ2n) is 3.34. The fourth-order valence-electron chi connectivity index (χ4n) is 1.17. The Morgan fingerprint density at radius 2 is 2.00 bits per heavy atom. The van der Waals surface area contributed by atoms with Crippen LogP contribution in [0.3, 0.4) is 0 Å². The van der Waals surface area contributed by atoms with E-state index in [1.807, 2.05) is 0 Å². The fourth-order valence-corrected chi connectivity index (χ4v) is 1.17. The zero-order valence-corrected chi connectivity index (χ0v) is 7.96. The Morgan fingerprint density at radius 3 is 2.31 bits per heavy atom. The molecular weight excluding hydrogens is 233 g/mol. The smallest absolute Gasteiger partial charge is 0.420 e. The monoisotopic (exact) mass is 240 g/mol. The van der Waals surface area contributed by atoms with E-state index in [2.05, 4.69) is 0 Å². The van der Waals surface area contributed by atoms with Gasteiger partial charge in [0.2, 0.25) is 5.54 Å². The second-order valence-corrected chi connectivity index (χ2v) is 3.34. The first kappa shape index (κ1) is 12.3. The van der Waals surface area contributed by atoms with Crippen molar-refractivity contribution in [1.29, 1.82) is 0 Å². The van der Waals surface area contributed by atoms with E-state index in [1.54, 1.807) is 0 Å². The number of aliphatic carboxylic acids is 1. The molecule has 1 aliphatic heterocycles. The molecule has 0 aromatic heterocycles. The second kappa shape index (κ2) is 3.35. The molecule has 1 unspecified atom stereocenters. The Morgan fingerprint density at radius 1 is 1.50 bits per heavy atom. The lowest BCUT2D eigenvalue weighted by atomic mass is 10.0. The Kier molecular flexibility index (Phi) is 2.57. The van der Waals surface area contributed by atoms with E-state index >= 15 is 0 Å². The molecule has 1 aliphatic rings. The van der Waals surface area contributed by atoms with Crippen LogP contribution in [0.5, 0.6) is 0 Å². The van der Waals surface area contributed by atoms with Crippen molar-refractivity contribution in [3.63, 3.8) is 0 Å². The van der Waals surface area contributed by atoms with Gasteiger partial charge in [-0.3, -0.25) is 14.5 Å². The van der Waals surface area contributed by atoms with Crippen molar-refractivity contribution in [2.45, 2.75) is 18.6 Å². The van der Waals surface area contributed by atoms with Crippen LogP contribution in [0.15, 0.2) is 0 Å². The van der Waals surface area contributed by atoms with Gasteiger partial charge in [-0.1, -0.05) is 0 Å². The number of carboxylic acids is 1. The van der Waals surface area contributed by atoms with E-state index in [0.29, 0.717) is 6.92 Å². The maximum atomic E-state index is 12.5. The quantitative estimate of drug-likeness (QED) is 0.662. The van der Waals surface area contributed by atoms with Gasteiger partial charge in [-0.2, -0.15) is 13.2 Å². The summed E-state index contributed by atoms with van der Waals surface area (Å²) in [6, 6.07) is -1.37. The van der Waals surface area contributed by atoms with Crippen molar-refractivity contribution in [2.75, 3.05) is 6.54 Å². The molecule has 0 aromatic carbocycles. The molecule has 16 heavy (non-hydrogen) atoms. The summed E-state index contributed by atoms with van der Waals surface area (Å²) in [4.78, 5) is 32.6. The highest BCUT2D eigenvalue weighted by atomic mass is 19.4. The highest BCUT2D eigenvalue weighted by molar-refractivity contribution is 6.08. The van der Waals surface area contributed by atoms with Gasteiger partial charge in [-0.15, -0.1) is 0 Å². The van der Waals surface area contributed by atoms with Gasteiger partial charge >= 0.3 is 18.2 Å². The van der Waals surface area contributed by atoms with Crippen molar-refractivity contribution >= 4 is 17.9 Å². The number of alkyl halides is 3. The molecule has 0 aromatic rings. The molecular formula is C7H7F3N2O4. The summed E-state index contributed by atoms with van der Waals surface area (Å²) in [5.74, 6) is -3.19. The molecule has 0 spiro atoms. The number of nitrogens with one attached hydrogen (secondary N) is 1. The first-order chi connectivity index (χ1) is 7.09. The standard InChI is InChI=1S/C7H7F3N2O4/c1-6(7(8,9)10)4(15)12(2-3(13)14)5(16)11-6/h2H2,1H3,(H,11,16)(H,13,14). The molecule has 1 fully saturated rings. The number of rotatable bonds is 2. The molecule has 1 saturated heterocycles. The van der Waals surface area contributed by atoms with Gasteiger partial charge in [0.25, 0.3) is 5.91 Å². The van der Waals surface area contributed by atoms with Crippen molar-refractivity contribution in [2.24, 2.45) is 0 Å². The Bertz CT molecular complexity index is 367. The van der Waals surface area contributed by atoms with Gasteiger partial charge in [0, 0.05) is 0 Å². The molecule has 1 heterocycles. The van der Waals surface area contributed by atoms with Gasteiger partial charge in [0.15, 0.2) is 0 Å². The number of carbonyl (C=O) groups excluding carboxylic acids is 2. The molecule has 3 amide bonds. The van der Waals surface area contributed by atoms with Crippen molar-refractivity contribution in [3.05, 3.63) is 0 Å². The molecule has 6 nitrogen and oxygen atoms in total. The number of hydrogen-bond donors (Lipinski definition) is 2. The molecule has 9 heteroatoms. The zero-order chi connectivity index (χ0) is 12.7. The Hall–Kier alpha value is -1.80. The van der Waals surface area contributed by atoms with E-state index in [0.717, 1.165) is 0 Å². The number of nitrogens with zero attached hydrogens (tertiary/aromatic N) is 1. The first-order valence-corrected chi connectivity index (χ1v) is 4.02. The lowest BCUT2D eigenvalue weighted by molar-refractivity contribution is -0.191. The third-order valence-electron chi connectivity index (χ3n) is 2.14. The van der Waals surface area contributed by atoms with Crippen molar-refractivity contribution in [3.8, 4) is 0 Å². The predicted octanol–water partition coefficient (Wildman–Crippen LogP) is -0.0562. The minimum atomic E-state index is -4.98. The minimum Gasteiger partial charge on any atom is -0.480 e. The SMILES string of the molecule is CC1(C(F)(F)F)NC(=O)N(CC(=O)O)C1=O. The average Bonchev–Trinajstić information content (AvgIpc) is 2.28. The number of imide groups is 1. The number of amides is 3. The van der Waals surface area contributed by atoms with Crippen LogP contribution in [0.4, 0.5) is 18.0 Å². The summed E-state index contributed by atoms with van der Waals surface area (Å²) in [5.41, 5.74) is -3.06. The van der Waals surface area contributed by atoms with Crippen LogP contribution in [0.1, 0.15) is 6.92 Å². The molecule has 1 atom stereocenters. The number of carbonyl (C=O) groups is 3. The molecule has 0 aliphatic carbocycles. The van der Waals surface area contributed by atoms with Crippen LogP contribution in [0.2, 0.25) is 0 Å². The molecule has 0 saturated carbocycles. The summed E-state index contributed by atoms with van der Waals surface area (Å²) in [5, 5.41) is 9.75. The summed E-state index contributed by atoms with van der Waals surface area (Å²) in [7, 11) is 0. The van der Waals surface area contributed by atoms with Crippen LogP contribution < -0.4 is 5.32 Å². The predicted molar refractivity (Wildman–Crippen MR) is 42.3 cm³/mol. The van der Waals surface area contributed by atoms with Crippen LogP contribution in [-0.2, 0) is 9.59 Å². The summed E-state index contributed by atoms with van der Waals surface area (Å²) in [6.45, 7) is -0.620. The third kappa shape index (κ3) is 1.68. The summed E-state index contributed by atoms with van der Waals surface area (Å²) < 4.78 is 37.4. The van der Waals surface area contributed by atoms with E-state index < -0.39 is 36.2 Å². The lowest BCUT2D eigenvalue weighted by Crippen LogP contribution is -2.56. The Labute approximate surface area is 87.0 Å². The number of halogens is 3. The molecule has 2 N–H and O–H groups in total. The third-order valence-corrected chi connectivity index (χ3v) is 2.14. The van der Waals surface area contributed by atoms with E-state index in [-0.39, 0.29) is 4.90 Å². The first-order valence-electron chi connectivity index (χ1n) is 4.02. The summed E-state index contributed by atoms with van der Waals surface area (Å²) in [6.07, 6.45) is -4.98. The van der Waals surface area contributed by atoms with Crippen LogP contribution in [0.25, 0.3) is 0 Å². The van der Waals surface area contributed by atoms with E-state index in [4.69, 9.17) is 5.11 Å². The van der Waals surface area contributed by atoms with Crippen LogP contribution >= 0.6 is 0 Å². The van der Waals surface area contributed by atoms with Gasteiger partial charge in [-0.25, -0.2) is 4.79 Å². The summed E-state index contributed by atoms with van der Waals surface area (Å²) >= 11 is 0. The minimum absolute atomic E-state index is 0.00975. The van der Waals surface area contributed by atoms with Crippen LogP contribution in [0, 0.1) is 0 Å². The van der Waals surface area contributed by atoms with Gasteiger partial charge in [0.05, 0.1) is 0 Å². The highest BCUT2D eigenvalue weighted by Gasteiger charge is 2.64. The largest absolute Gasteiger partial charge is 0.480 e. The molecule has 90 valence electrons. The average molecular weight is 240 g/mol. The van der Waals surface area contributed by atoms with Crippen molar-refractivity contribution < 1.29 is 32.7 Å². The number of hydrogen-bond acceptors (Lipinski definition) is 3. The maximum Gasteiger partial charge on any atom is 0.420 e. The molecule has 0 radical (unpaired) electrons. The van der Waals surface area contributed by atoms with Gasteiger partial charge < -0.3 is 10.4 Å². The van der Waals surface area contributed by atoms with Crippen molar-refractivity contribution in [1.82, 2.24) is 10.2 Å². The number of urea groups is 1.